The summed E-state index contributed by atoms with van der Waals surface area (Å²) in [5.41, 5.74) is 1.63. The van der Waals surface area contributed by atoms with Gasteiger partial charge in [0, 0.05) is 35.3 Å². The SMILES string of the molecule is Cc1cc(=O)oc2cc(NC(=O)C3CCCN3C(=O)c3ccc(Cl)c(Cl)c3)ccc12. The molecule has 4 rings (SSSR count). The smallest absolute Gasteiger partial charge is 0.336 e. The van der Waals surface area contributed by atoms with Crippen LogP contribution in [0.25, 0.3) is 11.0 Å². The zero-order valence-electron chi connectivity index (χ0n) is 16.1. The van der Waals surface area contributed by atoms with E-state index < -0.39 is 11.7 Å². The molecule has 30 heavy (non-hydrogen) atoms. The van der Waals surface area contributed by atoms with E-state index in [1.807, 2.05) is 6.92 Å². The maximum absolute atomic E-state index is 12.9. The Balaban J connectivity index is 1.55. The van der Waals surface area contributed by atoms with Crippen molar-refractivity contribution < 1.29 is 14.0 Å². The first-order valence-corrected chi connectivity index (χ1v) is 10.2. The Hall–Kier alpha value is -2.83. The Morgan fingerprint density at radius 2 is 1.90 bits per heavy atom. The van der Waals surface area contributed by atoms with Crippen molar-refractivity contribution in [1.29, 1.82) is 0 Å². The van der Waals surface area contributed by atoms with Crippen molar-refractivity contribution in [1.82, 2.24) is 4.90 Å². The first kappa shape index (κ1) is 20.4. The van der Waals surface area contributed by atoms with Crippen LogP contribution in [0.1, 0.15) is 28.8 Å². The van der Waals surface area contributed by atoms with Gasteiger partial charge in [-0.3, -0.25) is 9.59 Å². The molecule has 0 radical (unpaired) electrons. The van der Waals surface area contributed by atoms with Gasteiger partial charge in [0.15, 0.2) is 0 Å². The van der Waals surface area contributed by atoms with Crippen LogP contribution < -0.4 is 10.9 Å². The summed E-state index contributed by atoms with van der Waals surface area (Å²) in [6.45, 7) is 2.30. The van der Waals surface area contributed by atoms with Gasteiger partial charge in [0.05, 0.1) is 10.0 Å². The Labute approximate surface area is 182 Å². The number of halogens is 2. The molecule has 154 valence electrons. The van der Waals surface area contributed by atoms with E-state index in [1.54, 1.807) is 35.2 Å². The molecule has 1 aromatic heterocycles. The number of nitrogens with zero attached hydrogens (tertiary/aromatic N) is 1. The van der Waals surface area contributed by atoms with Gasteiger partial charge in [-0.25, -0.2) is 4.79 Å². The van der Waals surface area contributed by atoms with Crippen LogP contribution in [0.15, 0.2) is 51.7 Å². The van der Waals surface area contributed by atoms with Crippen molar-refractivity contribution in [3.63, 3.8) is 0 Å². The summed E-state index contributed by atoms with van der Waals surface area (Å²) in [5.74, 6) is -0.568. The van der Waals surface area contributed by atoms with Crippen molar-refractivity contribution in [2.45, 2.75) is 25.8 Å². The second kappa shape index (κ2) is 8.13. The molecular weight excluding hydrogens is 427 g/mol. The number of hydrogen-bond donors (Lipinski definition) is 1. The molecule has 0 aliphatic carbocycles. The number of amides is 2. The molecule has 2 amide bonds. The summed E-state index contributed by atoms with van der Waals surface area (Å²) in [7, 11) is 0. The van der Waals surface area contributed by atoms with Gasteiger partial charge in [-0.05, 0) is 55.7 Å². The van der Waals surface area contributed by atoms with Crippen LogP contribution in [0.3, 0.4) is 0 Å². The molecule has 1 fully saturated rings. The molecule has 1 unspecified atom stereocenters. The Bertz CT molecular complexity index is 1220. The van der Waals surface area contributed by atoms with Crippen LogP contribution in [-0.2, 0) is 4.79 Å². The Kier molecular flexibility index (Phi) is 5.54. The number of carbonyl (C=O) groups excluding carboxylic acids is 2. The molecule has 0 saturated carbocycles. The van der Waals surface area contributed by atoms with Crippen molar-refractivity contribution in [2.75, 3.05) is 11.9 Å². The molecule has 1 saturated heterocycles. The minimum Gasteiger partial charge on any atom is -0.423 e. The molecule has 6 nitrogen and oxygen atoms in total. The number of rotatable bonds is 3. The molecule has 1 aliphatic rings. The zero-order valence-corrected chi connectivity index (χ0v) is 17.6. The summed E-state index contributed by atoms with van der Waals surface area (Å²) in [4.78, 5) is 39.0. The Morgan fingerprint density at radius 1 is 1.10 bits per heavy atom. The monoisotopic (exact) mass is 444 g/mol. The van der Waals surface area contributed by atoms with Gasteiger partial charge in [-0.15, -0.1) is 0 Å². The molecular formula is C22H18Cl2N2O4. The van der Waals surface area contributed by atoms with Gasteiger partial charge in [0.25, 0.3) is 5.91 Å². The van der Waals surface area contributed by atoms with E-state index in [4.69, 9.17) is 27.6 Å². The van der Waals surface area contributed by atoms with E-state index in [1.165, 1.54) is 12.1 Å². The van der Waals surface area contributed by atoms with E-state index >= 15 is 0 Å². The van der Waals surface area contributed by atoms with Crippen molar-refractivity contribution in [2.24, 2.45) is 0 Å². The average molecular weight is 445 g/mol. The summed E-state index contributed by atoms with van der Waals surface area (Å²) in [6.07, 6.45) is 1.28. The molecule has 1 N–H and O–H groups in total. The number of fused-ring (bicyclic) bond motifs is 1. The number of hydrogen-bond acceptors (Lipinski definition) is 4. The topological polar surface area (TPSA) is 79.6 Å². The van der Waals surface area contributed by atoms with E-state index in [9.17, 15) is 14.4 Å². The Morgan fingerprint density at radius 3 is 2.67 bits per heavy atom. The molecule has 0 spiro atoms. The third-order valence-corrected chi connectivity index (χ3v) is 5.94. The van der Waals surface area contributed by atoms with Crippen molar-refractivity contribution >= 4 is 51.7 Å². The van der Waals surface area contributed by atoms with Crippen LogP contribution in [-0.4, -0.2) is 29.3 Å². The third-order valence-electron chi connectivity index (χ3n) is 5.20. The van der Waals surface area contributed by atoms with E-state index in [-0.39, 0.29) is 16.8 Å². The van der Waals surface area contributed by atoms with E-state index in [2.05, 4.69) is 5.32 Å². The van der Waals surface area contributed by atoms with Gasteiger partial charge in [-0.2, -0.15) is 0 Å². The quantitative estimate of drug-likeness (QED) is 0.596. The highest BCUT2D eigenvalue weighted by atomic mass is 35.5. The fourth-order valence-electron chi connectivity index (χ4n) is 3.71. The van der Waals surface area contributed by atoms with Crippen LogP contribution in [0.4, 0.5) is 5.69 Å². The second-order valence-electron chi connectivity index (χ2n) is 7.23. The second-order valence-corrected chi connectivity index (χ2v) is 8.05. The maximum atomic E-state index is 12.9. The van der Waals surface area contributed by atoms with Gasteiger partial charge < -0.3 is 14.6 Å². The number of aryl methyl sites for hydroxylation is 1. The van der Waals surface area contributed by atoms with Crippen molar-refractivity contribution in [3.8, 4) is 0 Å². The van der Waals surface area contributed by atoms with E-state index in [0.717, 1.165) is 17.4 Å². The first-order chi connectivity index (χ1) is 14.3. The minimum absolute atomic E-state index is 0.272. The normalized spacial score (nSPS) is 16.1. The predicted molar refractivity (Wildman–Crippen MR) is 116 cm³/mol. The number of carbonyl (C=O) groups is 2. The number of benzene rings is 2. The fourth-order valence-corrected chi connectivity index (χ4v) is 4.00. The third kappa shape index (κ3) is 3.93. The largest absolute Gasteiger partial charge is 0.423 e. The average Bonchev–Trinajstić information content (AvgIpc) is 3.19. The number of nitrogens with one attached hydrogen (secondary N) is 1. The molecule has 1 aliphatic heterocycles. The number of anilines is 1. The fraction of sp³-hybridized carbons (Fsp3) is 0.227. The zero-order chi connectivity index (χ0) is 21.4. The van der Waals surface area contributed by atoms with Crippen LogP contribution in [0.5, 0.6) is 0 Å². The van der Waals surface area contributed by atoms with Crippen LogP contribution >= 0.6 is 23.2 Å². The molecule has 0 bridgehead atoms. The highest BCUT2D eigenvalue weighted by Gasteiger charge is 2.34. The van der Waals surface area contributed by atoms with Gasteiger partial charge >= 0.3 is 5.63 Å². The highest BCUT2D eigenvalue weighted by molar-refractivity contribution is 6.42. The highest BCUT2D eigenvalue weighted by Crippen LogP contribution is 2.27. The summed E-state index contributed by atoms with van der Waals surface area (Å²) >= 11 is 12.0. The summed E-state index contributed by atoms with van der Waals surface area (Å²) < 4.78 is 5.23. The van der Waals surface area contributed by atoms with Gasteiger partial charge in [0.2, 0.25) is 5.91 Å². The van der Waals surface area contributed by atoms with Crippen molar-refractivity contribution in [3.05, 3.63) is 74.1 Å². The van der Waals surface area contributed by atoms with Gasteiger partial charge in [0.1, 0.15) is 11.6 Å². The lowest BCUT2D eigenvalue weighted by Crippen LogP contribution is -2.43. The standard InChI is InChI=1S/C22H18Cl2N2O4/c1-12-9-20(27)30-19-11-14(5-6-15(12)19)25-21(28)18-3-2-8-26(18)22(29)13-4-7-16(23)17(24)10-13/h4-7,9-11,18H,2-3,8H2,1H3,(H,25,28). The summed E-state index contributed by atoms with van der Waals surface area (Å²) in [6, 6.07) is 10.6. The minimum atomic E-state index is -0.604. The molecule has 8 heteroatoms. The molecule has 1 atom stereocenters. The first-order valence-electron chi connectivity index (χ1n) is 9.45. The molecule has 2 aromatic carbocycles. The molecule has 2 heterocycles. The predicted octanol–water partition coefficient (Wildman–Crippen LogP) is 4.65. The van der Waals surface area contributed by atoms with Gasteiger partial charge in [-0.1, -0.05) is 23.2 Å². The molecule has 3 aromatic rings. The lowest BCUT2D eigenvalue weighted by atomic mass is 10.1. The van der Waals surface area contributed by atoms with E-state index in [0.29, 0.717) is 34.8 Å². The lowest BCUT2D eigenvalue weighted by molar-refractivity contribution is -0.119. The lowest BCUT2D eigenvalue weighted by Gasteiger charge is -2.24. The summed E-state index contributed by atoms with van der Waals surface area (Å²) in [5, 5.41) is 4.28. The van der Waals surface area contributed by atoms with Crippen LogP contribution in [0.2, 0.25) is 10.0 Å². The number of likely N-dealkylation sites (tertiary alicyclic amines) is 1. The van der Waals surface area contributed by atoms with Crippen LogP contribution in [0, 0.1) is 6.92 Å². The maximum Gasteiger partial charge on any atom is 0.336 e.